The molecule has 1 aliphatic carbocycles. The van der Waals surface area contributed by atoms with Crippen molar-refractivity contribution in [3.8, 4) is 0 Å². The molecule has 0 aliphatic heterocycles. The van der Waals surface area contributed by atoms with Crippen LogP contribution in [0.25, 0.3) is 0 Å². The van der Waals surface area contributed by atoms with E-state index >= 15 is 0 Å². The molecule has 1 aliphatic rings. The van der Waals surface area contributed by atoms with E-state index in [0.717, 1.165) is 24.5 Å². The van der Waals surface area contributed by atoms with Crippen LogP contribution >= 0.6 is 11.6 Å². The second-order valence-electron chi connectivity index (χ2n) is 4.54. The minimum absolute atomic E-state index is 0.153. The molecule has 0 spiro atoms. The second kappa shape index (κ2) is 5.13. The Bertz CT molecular complexity index is 345. The van der Waals surface area contributed by atoms with E-state index in [1.54, 1.807) is 0 Å². The number of halogens is 3. The Kier molecular flexibility index (Phi) is 3.80. The molecule has 2 unspecified atom stereocenters. The zero-order valence-corrected chi connectivity index (χ0v) is 9.81. The highest BCUT2D eigenvalue weighted by atomic mass is 35.5. The van der Waals surface area contributed by atoms with Gasteiger partial charge in [-0.15, -0.1) is 11.6 Å². The molecule has 2 rings (SSSR count). The number of alkyl halides is 1. The van der Waals surface area contributed by atoms with Gasteiger partial charge in [-0.2, -0.15) is 0 Å². The van der Waals surface area contributed by atoms with Crippen molar-refractivity contribution in [1.29, 1.82) is 0 Å². The Balaban J connectivity index is 2.07. The van der Waals surface area contributed by atoms with Crippen molar-refractivity contribution in [3.05, 3.63) is 35.4 Å². The molecule has 0 nitrogen and oxygen atoms in total. The summed E-state index contributed by atoms with van der Waals surface area (Å²) >= 11 is 6.22. The molecule has 0 heterocycles. The number of hydrogen-bond acceptors (Lipinski definition) is 0. The number of rotatable bonds is 2. The lowest BCUT2D eigenvalue weighted by Crippen LogP contribution is -2.21. The predicted octanol–water partition coefficient (Wildman–Crippen LogP) is 4.30. The van der Waals surface area contributed by atoms with E-state index in [-0.39, 0.29) is 5.38 Å². The zero-order chi connectivity index (χ0) is 11.5. The van der Waals surface area contributed by atoms with Gasteiger partial charge in [-0.3, -0.25) is 0 Å². The molecule has 1 saturated carbocycles. The SMILES string of the molecule is Fc1cc(F)cc(CC2CCCCC2Cl)c1. The summed E-state index contributed by atoms with van der Waals surface area (Å²) in [4.78, 5) is 0. The molecule has 1 aromatic carbocycles. The average Bonchev–Trinajstić information content (AvgIpc) is 2.20. The van der Waals surface area contributed by atoms with Crippen LogP contribution in [-0.4, -0.2) is 5.38 Å². The third kappa shape index (κ3) is 2.94. The van der Waals surface area contributed by atoms with Gasteiger partial charge in [0, 0.05) is 11.4 Å². The Morgan fingerprint density at radius 2 is 1.69 bits per heavy atom. The lowest BCUT2D eigenvalue weighted by Gasteiger charge is -2.27. The van der Waals surface area contributed by atoms with Crippen molar-refractivity contribution >= 4 is 11.6 Å². The van der Waals surface area contributed by atoms with Crippen LogP contribution in [0.4, 0.5) is 8.78 Å². The average molecular weight is 245 g/mol. The minimum atomic E-state index is -0.503. The highest BCUT2D eigenvalue weighted by molar-refractivity contribution is 6.20. The van der Waals surface area contributed by atoms with Crippen LogP contribution in [0.2, 0.25) is 0 Å². The molecule has 0 saturated heterocycles. The summed E-state index contributed by atoms with van der Waals surface area (Å²) in [6, 6.07) is 3.71. The summed E-state index contributed by atoms with van der Waals surface area (Å²) < 4.78 is 26.0. The first-order chi connectivity index (χ1) is 7.65. The third-order valence-electron chi connectivity index (χ3n) is 3.24. The highest BCUT2D eigenvalue weighted by Gasteiger charge is 2.23. The molecular formula is C13H15ClF2. The molecule has 1 aromatic rings. The summed E-state index contributed by atoms with van der Waals surface area (Å²) in [6.07, 6.45) is 5.10. The molecule has 0 bridgehead atoms. The first-order valence-corrected chi connectivity index (χ1v) is 6.18. The fourth-order valence-electron chi connectivity index (χ4n) is 2.42. The van der Waals surface area contributed by atoms with Crippen molar-refractivity contribution in [2.24, 2.45) is 5.92 Å². The second-order valence-corrected chi connectivity index (χ2v) is 5.10. The summed E-state index contributed by atoms with van der Waals surface area (Å²) in [5, 5.41) is 0.153. The van der Waals surface area contributed by atoms with E-state index in [2.05, 4.69) is 0 Å². The van der Waals surface area contributed by atoms with E-state index in [4.69, 9.17) is 11.6 Å². The first-order valence-electron chi connectivity index (χ1n) is 5.74. The Labute approximate surface area is 99.6 Å². The van der Waals surface area contributed by atoms with Gasteiger partial charge in [0.1, 0.15) is 11.6 Å². The largest absolute Gasteiger partial charge is 0.207 e. The van der Waals surface area contributed by atoms with Gasteiger partial charge in [-0.05, 0) is 42.9 Å². The maximum atomic E-state index is 13.0. The summed E-state index contributed by atoms with van der Waals surface area (Å²) in [5.74, 6) is -0.648. The van der Waals surface area contributed by atoms with Crippen LogP contribution in [0.15, 0.2) is 18.2 Å². The van der Waals surface area contributed by atoms with Crippen molar-refractivity contribution in [2.45, 2.75) is 37.5 Å². The van der Waals surface area contributed by atoms with Crippen LogP contribution < -0.4 is 0 Å². The fraction of sp³-hybridized carbons (Fsp3) is 0.538. The lowest BCUT2D eigenvalue weighted by molar-refractivity contribution is 0.363. The topological polar surface area (TPSA) is 0 Å². The third-order valence-corrected chi connectivity index (χ3v) is 3.81. The quantitative estimate of drug-likeness (QED) is 0.681. The van der Waals surface area contributed by atoms with Gasteiger partial charge < -0.3 is 0 Å². The fourth-order valence-corrected chi connectivity index (χ4v) is 2.79. The van der Waals surface area contributed by atoms with Gasteiger partial charge in [0.15, 0.2) is 0 Å². The van der Waals surface area contributed by atoms with Crippen LogP contribution in [0.5, 0.6) is 0 Å². The normalized spacial score (nSPS) is 25.7. The van der Waals surface area contributed by atoms with Crippen molar-refractivity contribution < 1.29 is 8.78 Å². The lowest BCUT2D eigenvalue weighted by atomic mass is 9.84. The molecule has 3 heteroatoms. The first kappa shape index (κ1) is 11.8. The number of benzene rings is 1. The Morgan fingerprint density at radius 3 is 2.31 bits per heavy atom. The monoisotopic (exact) mass is 244 g/mol. The summed E-state index contributed by atoms with van der Waals surface area (Å²) in [7, 11) is 0. The van der Waals surface area contributed by atoms with E-state index in [1.807, 2.05) is 0 Å². The van der Waals surface area contributed by atoms with Gasteiger partial charge in [-0.1, -0.05) is 12.8 Å². The summed E-state index contributed by atoms with van der Waals surface area (Å²) in [5.41, 5.74) is 0.718. The van der Waals surface area contributed by atoms with Crippen molar-refractivity contribution in [1.82, 2.24) is 0 Å². The zero-order valence-electron chi connectivity index (χ0n) is 9.06. The van der Waals surface area contributed by atoms with Crippen LogP contribution in [-0.2, 0) is 6.42 Å². The van der Waals surface area contributed by atoms with Crippen LogP contribution in [0.1, 0.15) is 31.2 Å². The Morgan fingerprint density at radius 1 is 1.06 bits per heavy atom. The van der Waals surface area contributed by atoms with E-state index in [9.17, 15) is 8.78 Å². The molecule has 88 valence electrons. The van der Waals surface area contributed by atoms with E-state index in [1.165, 1.54) is 25.0 Å². The molecule has 0 aromatic heterocycles. The standard InChI is InChI=1S/C13H15ClF2/c14-13-4-2-1-3-10(13)5-9-6-11(15)8-12(16)7-9/h6-8,10,13H,1-5H2. The molecule has 1 fully saturated rings. The smallest absolute Gasteiger partial charge is 0.126 e. The van der Waals surface area contributed by atoms with E-state index < -0.39 is 11.6 Å². The van der Waals surface area contributed by atoms with E-state index in [0.29, 0.717) is 12.3 Å². The molecule has 0 radical (unpaired) electrons. The van der Waals surface area contributed by atoms with Crippen LogP contribution in [0.3, 0.4) is 0 Å². The molecule has 2 atom stereocenters. The van der Waals surface area contributed by atoms with Crippen molar-refractivity contribution in [3.63, 3.8) is 0 Å². The number of hydrogen-bond donors (Lipinski definition) is 0. The predicted molar refractivity (Wildman–Crippen MR) is 61.7 cm³/mol. The Hall–Kier alpha value is -0.630. The van der Waals surface area contributed by atoms with Gasteiger partial charge >= 0.3 is 0 Å². The summed E-state index contributed by atoms with van der Waals surface area (Å²) in [6.45, 7) is 0. The maximum absolute atomic E-state index is 13.0. The van der Waals surface area contributed by atoms with Gasteiger partial charge in [0.25, 0.3) is 0 Å². The van der Waals surface area contributed by atoms with Crippen molar-refractivity contribution in [2.75, 3.05) is 0 Å². The highest BCUT2D eigenvalue weighted by Crippen LogP contribution is 2.31. The van der Waals surface area contributed by atoms with Gasteiger partial charge in [0.05, 0.1) is 0 Å². The molecular weight excluding hydrogens is 230 g/mol. The minimum Gasteiger partial charge on any atom is -0.207 e. The van der Waals surface area contributed by atoms with Crippen LogP contribution in [0, 0.1) is 17.6 Å². The molecule has 16 heavy (non-hydrogen) atoms. The maximum Gasteiger partial charge on any atom is 0.126 e. The molecule has 0 N–H and O–H groups in total. The van der Waals surface area contributed by atoms with Gasteiger partial charge in [-0.25, -0.2) is 8.78 Å². The molecule has 0 amide bonds. The van der Waals surface area contributed by atoms with Gasteiger partial charge in [0.2, 0.25) is 0 Å².